The third-order valence-corrected chi connectivity index (χ3v) is 3.97. The summed E-state index contributed by atoms with van der Waals surface area (Å²) in [4.78, 5) is 0. The zero-order valence-electron chi connectivity index (χ0n) is 12.5. The van der Waals surface area contributed by atoms with Crippen LogP contribution in [0.2, 0.25) is 0 Å². The minimum atomic E-state index is -4.29. The maximum absolute atomic E-state index is 12.2. The number of benzene rings is 1. The summed E-state index contributed by atoms with van der Waals surface area (Å²) in [6.45, 7) is 5.44. The number of nitrogens with one attached hydrogen (secondary N) is 1. The average molecular weight is 368 g/mol. The van der Waals surface area contributed by atoms with Gasteiger partial charge in [-0.05, 0) is 49.6 Å². The van der Waals surface area contributed by atoms with Crippen LogP contribution in [-0.4, -0.2) is 25.9 Å². The van der Waals surface area contributed by atoms with Gasteiger partial charge in [-0.2, -0.15) is 13.2 Å². The third kappa shape index (κ3) is 6.36. The molecule has 1 N–H and O–H groups in total. The molecule has 0 spiro atoms. The molecule has 0 amide bonds. The van der Waals surface area contributed by atoms with Gasteiger partial charge < -0.3 is 10.1 Å². The Bertz CT molecular complexity index is 463. The second kappa shape index (κ2) is 8.15. The maximum atomic E-state index is 12.2. The lowest BCUT2D eigenvalue weighted by molar-refractivity contribution is -0.175. The number of aryl methyl sites for hydroxylation is 2. The average Bonchev–Trinajstić information content (AvgIpc) is 2.37. The van der Waals surface area contributed by atoms with Crippen LogP contribution < -0.4 is 5.32 Å². The van der Waals surface area contributed by atoms with Crippen LogP contribution in [0.4, 0.5) is 13.2 Å². The van der Waals surface area contributed by atoms with Crippen LogP contribution in [0, 0.1) is 13.8 Å². The monoisotopic (exact) mass is 367 g/mol. The van der Waals surface area contributed by atoms with Crippen molar-refractivity contribution < 1.29 is 17.9 Å². The van der Waals surface area contributed by atoms with Gasteiger partial charge in [0.1, 0.15) is 6.61 Å². The molecule has 0 aliphatic rings. The molecule has 120 valence electrons. The Morgan fingerprint density at radius 2 is 1.90 bits per heavy atom. The molecule has 0 radical (unpaired) electrons. The summed E-state index contributed by atoms with van der Waals surface area (Å²) < 4.78 is 42.4. The molecule has 0 heterocycles. The van der Waals surface area contributed by atoms with Crippen molar-refractivity contribution in [1.29, 1.82) is 0 Å². The van der Waals surface area contributed by atoms with E-state index in [1.54, 1.807) is 0 Å². The summed E-state index contributed by atoms with van der Waals surface area (Å²) in [7, 11) is 0. The minimum Gasteiger partial charge on any atom is -0.370 e. The van der Waals surface area contributed by atoms with Gasteiger partial charge in [0.2, 0.25) is 0 Å². The summed E-state index contributed by atoms with van der Waals surface area (Å²) in [6, 6.07) is 3.73. The molecule has 6 heteroatoms. The molecule has 0 bridgehead atoms. The van der Waals surface area contributed by atoms with E-state index in [0.29, 0.717) is 0 Å². The van der Waals surface area contributed by atoms with Crippen molar-refractivity contribution in [2.45, 2.75) is 39.4 Å². The highest BCUT2D eigenvalue weighted by Crippen LogP contribution is 2.26. The SMILES string of the molecule is CCCNC(COCC(F)(F)F)c1cc(C)c(Br)cc1C. The Hall–Kier alpha value is -0.590. The minimum absolute atomic E-state index is 0.00141. The fourth-order valence-corrected chi connectivity index (χ4v) is 2.51. The molecule has 1 rings (SSSR count). The van der Waals surface area contributed by atoms with Crippen molar-refractivity contribution in [1.82, 2.24) is 5.32 Å². The van der Waals surface area contributed by atoms with Crippen molar-refractivity contribution >= 4 is 15.9 Å². The normalized spacial score (nSPS) is 13.5. The van der Waals surface area contributed by atoms with Gasteiger partial charge in [-0.3, -0.25) is 0 Å². The standard InChI is InChI=1S/C15H21BrF3NO/c1-4-5-20-14(8-21-9-15(17,18)19)12-6-11(3)13(16)7-10(12)2/h6-7,14,20H,4-5,8-9H2,1-3H3. The topological polar surface area (TPSA) is 21.3 Å². The molecule has 0 saturated heterocycles. The van der Waals surface area contributed by atoms with Crippen molar-refractivity contribution in [3.63, 3.8) is 0 Å². The first-order valence-electron chi connectivity index (χ1n) is 6.89. The lowest BCUT2D eigenvalue weighted by Gasteiger charge is -2.22. The van der Waals surface area contributed by atoms with E-state index in [9.17, 15) is 13.2 Å². The predicted molar refractivity (Wildman–Crippen MR) is 81.5 cm³/mol. The van der Waals surface area contributed by atoms with Gasteiger partial charge >= 0.3 is 6.18 Å². The molecule has 0 fully saturated rings. The fraction of sp³-hybridized carbons (Fsp3) is 0.600. The molecule has 0 saturated carbocycles. The van der Waals surface area contributed by atoms with Crippen LogP contribution in [0.25, 0.3) is 0 Å². The molecule has 0 aliphatic heterocycles. The van der Waals surface area contributed by atoms with Gasteiger partial charge in [0.25, 0.3) is 0 Å². The Labute approximate surface area is 132 Å². The molecule has 1 atom stereocenters. The first kappa shape index (κ1) is 18.5. The zero-order chi connectivity index (χ0) is 16.0. The highest BCUT2D eigenvalue weighted by molar-refractivity contribution is 9.10. The van der Waals surface area contributed by atoms with E-state index in [4.69, 9.17) is 4.74 Å². The number of alkyl halides is 3. The number of hydrogen-bond donors (Lipinski definition) is 1. The maximum Gasteiger partial charge on any atom is 0.411 e. The van der Waals surface area contributed by atoms with Gasteiger partial charge in [-0.15, -0.1) is 0 Å². The van der Waals surface area contributed by atoms with Crippen LogP contribution in [0.1, 0.15) is 36.1 Å². The van der Waals surface area contributed by atoms with Crippen molar-refractivity contribution in [3.8, 4) is 0 Å². The van der Waals surface area contributed by atoms with E-state index in [0.717, 1.165) is 34.1 Å². The van der Waals surface area contributed by atoms with E-state index in [2.05, 4.69) is 21.2 Å². The highest BCUT2D eigenvalue weighted by Gasteiger charge is 2.28. The summed E-state index contributed by atoms with van der Waals surface area (Å²) in [5.41, 5.74) is 3.05. The highest BCUT2D eigenvalue weighted by atomic mass is 79.9. The zero-order valence-corrected chi connectivity index (χ0v) is 14.1. The predicted octanol–water partition coefficient (Wildman–Crippen LogP) is 4.69. The molecular formula is C15H21BrF3NO. The number of rotatable bonds is 7. The first-order chi connectivity index (χ1) is 9.74. The van der Waals surface area contributed by atoms with Crippen LogP contribution in [-0.2, 0) is 4.74 Å². The lowest BCUT2D eigenvalue weighted by Crippen LogP contribution is -2.29. The second-order valence-corrected chi connectivity index (χ2v) is 5.95. The fourth-order valence-electron chi connectivity index (χ4n) is 2.05. The van der Waals surface area contributed by atoms with Crippen molar-refractivity contribution in [2.24, 2.45) is 0 Å². The van der Waals surface area contributed by atoms with E-state index in [-0.39, 0.29) is 12.6 Å². The number of hydrogen-bond acceptors (Lipinski definition) is 2. The van der Waals surface area contributed by atoms with Crippen molar-refractivity contribution in [3.05, 3.63) is 33.3 Å². The molecular weight excluding hydrogens is 347 g/mol. The quantitative estimate of drug-likeness (QED) is 0.754. The van der Waals surface area contributed by atoms with Gasteiger partial charge in [0.15, 0.2) is 0 Å². The Morgan fingerprint density at radius 1 is 1.24 bits per heavy atom. The smallest absolute Gasteiger partial charge is 0.370 e. The summed E-state index contributed by atoms with van der Waals surface area (Å²) >= 11 is 3.46. The third-order valence-electron chi connectivity index (χ3n) is 3.11. The molecule has 21 heavy (non-hydrogen) atoms. The lowest BCUT2D eigenvalue weighted by atomic mass is 9.99. The van der Waals surface area contributed by atoms with Gasteiger partial charge in [-0.1, -0.05) is 28.9 Å². The van der Waals surface area contributed by atoms with Crippen LogP contribution in [0.15, 0.2) is 16.6 Å². The summed E-state index contributed by atoms with van der Waals surface area (Å²) in [6.07, 6.45) is -3.38. The molecule has 0 aromatic heterocycles. The van der Waals surface area contributed by atoms with Crippen LogP contribution >= 0.6 is 15.9 Å². The van der Waals surface area contributed by atoms with E-state index in [1.807, 2.05) is 32.9 Å². The largest absolute Gasteiger partial charge is 0.411 e. The number of halogens is 4. The Balaban J connectivity index is 2.84. The van der Waals surface area contributed by atoms with Gasteiger partial charge in [-0.25, -0.2) is 0 Å². The molecule has 1 aromatic rings. The summed E-state index contributed by atoms with van der Waals surface area (Å²) in [5.74, 6) is 0. The van der Waals surface area contributed by atoms with Gasteiger partial charge in [0, 0.05) is 4.47 Å². The van der Waals surface area contributed by atoms with E-state index >= 15 is 0 Å². The Kier molecular flexibility index (Phi) is 7.16. The molecule has 2 nitrogen and oxygen atoms in total. The van der Waals surface area contributed by atoms with Crippen LogP contribution in [0.3, 0.4) is 0 Å². The molecule has 0 aliphatic carbocycles. The first-order valence-corrected chi connectivity index (χ1v) is 7.68. The number of ether oxygens (including phenoxy) is 1. The van der Waals surface area contributed by atoms with E-state index in [1.165, 1.54) is 0 Å². The van der Waals surface area contributed by atoms with E-state index < -0.39 is 12.8 Å². The Morgan fingerprint density at radius 3 is 2.48 bits per heavy atom. The molecule has 1 aromatic carbocycles. The molecule has 1 unspecified atom stereocenters. The van der Waals surface area contributed by atoms with Crippen LogP contribution in [0.5, 0.6) is 0 Å². The van der Waals surface area contributed by atoms with Gasteiger partial charge in [0.05, 0.1) is 12.6 Å². The second-order valence-electron chi connectivity index (χ2n) is 5.09. The van der Waals surface area contributed by atoms with Crippen molar-refractivity contribution in [2.75, 3.05) is 19.8 Å². The summed E-state index contributed by atoms with van der Waals surface area (Å²) in [5, 5.41) is 3.25.